The molecule has 4 heteroatoms. The van der Waals surface area contributed by atoms with Crippen LogP contribution in [0.25, 0.3) is 11.0 Å². The zero-order valence-electron chi connectivity index (χ0n) is 11.2. The molecule has 2 aromatic rings. The zero-order chi connectivity index (χ0) is 13.5. The molecule has 0 aliphatic rings. The third-order valence-electron chi connectivity index (χ3n) is 3.00. The molecule has 2 rings (SSSR count). The summed E-state index contributed by atoms with van der Waals surface area (Å²) in [5.74, 6) is -0.00570. The number of benzene rings is 1. The fourth-order valence-corrected chi connectivity index (χ4v) is 1.92. The maximum atomic E-state index is 12.0. The second kappa shape index (κ2) is 6.83. The number of aromatic nitrogens is 3. The van der Waals surface area contributed by atoms with Crippen LogP contribution in [0.15, 0.2) is 36.4 Å². The summed E-state index contributed by atoms with van der Waals surface area (Å²) in [5, 5.41) is 7.90. The lowest BCUT2D eigenvalue weighted by atomic mass is 10.2. The van der Waals surface area contributed by atoms with Gasteiger partial charge < -0.3 is 0 Å². The molecular formula is C15H19N3O. The van der Waals surface area contributed by atoms with Gasteiger partial charge in [0.15, 0.2) is 0 Å². The van der Waals surface area contributed by atoms with E-state index >= 15 is 0 Å². The molecule has 1 heterocycles. The van der Waals surface area contributed by atoms with Gasteiger partial charge in [-0.05, 0) is 25.0 Å². The molecule has 1 aromatic carbocycles. The van der Waals surface area contributed by atoms with Crippen molar-refractivity contribution in [2.24, 2.45) is 0 Å². The molecule has 19 heavy (non-hydrogen) atoms. The molecule has 0 N–H and O–H groups in total. The number of rotatable bonds is 6. The molecule has 0 saturated carbocycles. The van der Waals surface area contributed by atoms with E-state index in [9.17, 15) is 4.79 Å². The van der Waals surface area contributed by atoms with Crippen LogP contribution in [0.1, 0.15) is 43.8 Å². The first-order valence-electron chi connectivity index (χ1n) is 6.81. The first kappa shape index (κ1) is 13.5. The van der Waals surface area contributed by atoms with Gasteiger partial charge in [-0.15, -0.1) is 5.10 Å². The third kappa shape index (κ3) is 3.50. The Morgan fingerprint density at radius 1 is 1.26 bits per heavy atom. The molecule has 0 unspecified atom stereocenters. The normalized spacial score (nSPS) is 11.4. The fraction of sp³-hybridized carbons (Fsp3) is 0.400. The Morgan fingerprint density at radius 3 is 2.89 bits per heavy atom. The molecule has 100 valence electrons. The van der Waals surface area contributed by atoms with Crippen molar-refractivity contribution in [3.63, 3.8) is 0 Å². The van der Waals surface area contributed by atoms with E-state index in [1.807, 2.05) is 24.3 Å². The van der Waals surface area contributed by atoms with Crippen molar-refractivity contribution in [1.82, 2.24) is 15.0 Å². The number of unbranched alkanes of at least 4 members (excludes halogenated alkanes) is 2. The van der Waals surface area contributed by atoms with Crippen LogP contribution in [0.3, 0.4) is 0 Å². The van der Waals surface area contributed by atoms with E-state index in [1.165, 1.54) is 17.5 Å². The molecule has 0 aliphatic heterocycles. The van der Waals surface area contributed by atoms with Crippen molar-refractivity contribution >= 4 is 16.9 Å². The van der Waals surface area contributed by atoms with Crippen LogP contribution in [0.2, 0.25) is 0 Å². The van der Waals surface area contributed by atoms with Gasteiger partial charge in [-0.3, -0.25) is 4.79 Å². The maximum absolute atomic E-state index is 12.0. The molecule has 0 aliphatic carbocycles. The number of carbonyl (C=O) groups excluding carboxylic acids is 1. The SMILES string of the molecule is CCCC/C=C/CCC(=O)n1nnc2ccccc21. The second-order valence-corrected chi connectivity index (χ2v) is 4.54. The Balaban J connectivity index is 1.91. The average Bonchev–Trinajstić information content (AvgIpc) is 2.86. The van der Waals surface area contributed by atoms with Crippen LogP contribution in [-0.4, -0.2) is 20.9 Å². The average molecular weight is 257 g/mol. The topological polar surface area (TPSA) is 47.8 Å². The molecule has 4 nitrogen and oxygen atoms in total. The fourth-order valence-electron chi connectivity index (χ4n) is 1.92. The Labute approximate surface area is 113 Å². The molecule has 0 fully saturated rings. The van der Waals surface area contributed by atoms with E-state index in [4.69, 9.17) is 0 Å². The van der Waals surface area contributed by atoms with E-state index in [1.54, 1.807) is 0 Å². The van der Waals surface area contributed by atoms with Gasteiger partial charge in [-0.25, -0.2) is 0 Å². The van der Waals surface area contributed by atoms with Crippen LogP contribution in [-0.2, 0) is 0 Å². The number of hydrogen-bond donors (Lipinski definition) is 0. The van der Waals surface area contributed by atoms with Crippen molar-refractivity contribution in [2.45, 2.75) is 39.0 Å². The van der Waals surface area contributed by atoms with Gasteiger partial charge in [-0.2, -0.15) is 4.68 Å². The highest BCUT2D eigenvalue weighted by molar-refractivity contribution is 5.88. The van der Waals surface area contributed by atoms with Crippen LogP contribution in [0.5, 0.6) is 0 Å². The summed E-state index contributed by atoms with van der Waals surface area (Å²) in [4.78, 5) is 12.0. The van der Waals surface area contributed by atoms with Crippen molar-refractivity contribution in [2.75, 3.05) is 0 Å². The largest absolute Gasteiger partial charge is 0.272 e. The van der Waals surface area contributed by atoms with Crippen LogP contribution < -0.4 is 0 Å². The Hall–Kier alpha value is -1.97. The molecule has 0 amide bonds. The van der Waals surface area contributed by atoms with Crippen LogP contribution in [0, 0.1) is 0 Å². The summed E-state index contributed by atoms with van der Waals surface area (Å²) in [5.41, 5.74) is 1.54. The predicted octanol–water partition coefficient (Wildman–Crippen LogP) is 3.60. The lowest BCUT2D eigenvalue weighted by Gasteiger charge is -1.98. The third-order valence-corrected chi connectivity index (χ3v) is 3.00. The summed E-state index contributed by atoms with van der Waals surface area (Å²) in [6.07, 6.45) is 8.96. The Kier molecular flexibility index (Phi) is 4.84. The van der Waals surface area contributed by atoms with Gasteiger partial charge in [-0.1, -0.05) is 49.3 Å². The second-order valence-electron chi connectivity index (χ2n) is 4.54. The molecular weight excluding hydrogens is 238 g/mol. The molecule has 0 spiro atoms. The standard InChI is InChI=1S/C15H19N3O/c1-2-3-4-5-6-7-12-15(19)18-14-11-9-8-10-13(14)16-17-18/h5-6,8-11H,2-4,7,12H2,1H3/b6-5+. The first-order chi connectivity index (χ1) is 9.33. The van der Waals surface area contributed by atoms with E-state index in [0.29, 0.717) is 6.42 Å². The van der Waals surface area contributed by atoms with Gasteiger partial charge in [0.25, 0.3) is 0 Å². The van der Waals surface area contributed by atoms with Crippen molar-refractivity contribution < 1.29 is 4.79 Å². The number of allylic oxidation sites excluding steroid dienone is 2. The summed E-state index contributed by atoms with van der Waals surface area (Å²) in [6, 6.07) is 7.50. The maximum Gasteiger partial charge on any atom is 0.249 e. The number of hydrogen-bond acceptors (Lipinski definition) is 3. The quantitative estimate of drug-likeness (QED) is 0.587. The summed E-state index contributed by atoms with van der Waals surface area (Å²) in [7, 11) is 0. The van der Waals surface area contributed by atoms with Gasteiger partial charge in [0.05, 0.1) is 5.52 Å². The summed E-state index contributed by atoms with van der Waals surface area (Å²) >= 11 is 0. The van der Waals surface area contributed by atoms with E-state index in [0.717, 1.165) is 23.9 Å². The van der Waals surface area contributed by atoms with Crippen molar-refractivity contribution in [3.05, 3.63) is 36.4 Å². The number of carbonyl (C=O) groups is 1. The van der Waals surface area contributed by atoms with Gasteiger partial charge >= 0.3 is 0 Å². The number of para-hydroxylation sites is 1. The van der Waals surface area contributed by atoms with Crippen molar-refractivity contribution in [1.29, 1.82) is 0 Å². The van der Waals surface area contributed by atoms with Crippen molar-refractivity contribution in [3.8, 4) is 0 Å². The monoisotopic (exact) mass is 257 g/mol. The van der Waals surface area contributed by atoms with E-state index in [-0.39, 0.29) is 5.91 Å². The van der Waals surface area contributed by atoms with E-state index < -0.39 is 0 Å². The first-order valence-corrected chi connectivity index (χ1v) is 6.81. The highest BCUT2D eigenvalue weighted by Crippen LogP contribution is 2.10. The molecule has 0 radical (unpaired) electrons. The van der Waals surface area contributed by atoms with Gasteiger partial charge in [0.1, 0.15) is 5.52 Å². The van der Waals surface area contributed by atoms with Gasteiger partial charge in [0.2, 0.25) is 5.91 Å². The number of nitrogens with zero attached hydrogens (tertiary/aromatic N) is 3. The number of fused-ring (bicyclic) bond motifs is 1. The van der Waals surface area contributed by atoms with E-state index in [2.05, 4.69) is 29.4 Å². The molecule has 0 saturated heterocycles. The lowest BCUT2D eigenvalue weighted by molar-refractivity contribution is 0.0891. The van der Waals surface area contributed by atoms with Crippen LogP contribution >= 0.6 is 0 Å². The zero-order valence-corrected chi connectivity index (χ0v) is 11.2. The minimum atomic E-state index is -0.00570. The van der Waals surface area contributed by atoms with Crippen LogP contribution in [0.4, 0.5) is 0 Å². The smallest absolute Gasteiger partial charge is 0.249 e. The molecule has 1 aromatic heterocycles. The minimum Gasteiger partial charge on any atom is -0.272 e. The summed E-state index contributed by atoms with van der Waals surface area (Å²) < 4.78 is 1.40. The Morgan fingerprint density at radius 2 is 2.05 bits per heavy atom. The lowest BCUT2D eigenvalue weighted by Crippen LogP contribution is -2.11. The summed E-state index contributed by atoms with van der Waals surface area (Å²) in [6.45, 7) is 2.17. The highest BCUT2D eigenvalue weighted by atomic mass is 16.2. The predicted molar refractivity (Wildman–Crippen MR) is 76.1 cm³/mol. The molecule has 0 bridgehead atoms. The minimum absolute atomic E-state index is 0.00570. The molecule has 0 atom stereocenters. The van der Waals surface area contributed by atoms with Gasteiger partial charge in [0, 0.05) is 6.42 Å². The Bertz CT molecular complexity index is 572. The highest BCUT2D eigenvalue weighted by Gasteiger charge is 2.09.